The number of nitrogens with one attached hydrogen (secondary N) is 1. The normalized spacial score (nSPS) is 26.0. The third-order valence-electron chi connectivity index (χ3n) is 5.38. The number of rotatable bonds is 10. The van der Waals surface area contributed by atoms with Gasteiger partial charge < -0.3 is 29.9 Å². The standard InChI is InChI=1S/C22H30ClN4O9P/c1-12(2)34-19(29)13(3)26-37(32,36-14-8-6-5-7-9-14)33-11-16-17(28)22(4,31)20(35-16)27-10-15(23)18(24)25-21(27)30/h5-10,12-13,16-17,20,28,31H,11H2,1-4H3,(H,26,32)(H2,24,25,30)/t13-,16-,17-,20-,22-,37+/m1/s1. The molecule has 0 radical (unpaired) electrons. The van der Waals surface area contributed by atoms with Crippen molar-refractivity contribution in [3.05, 3.63) is 52.0 Å². The Labute approximate surface area is 218 Å². The molecule has 1 aliphatic rings. The van der Waals surface area contributed by atoms with Crippen molar-refractivity contribution in [1.29, 1.82) is 0 Å². The third-order valence-corrected chi connectivity index (χ3v) is 7.31. The maximum Gasteiger partial charge on any atom is 0.459 e. The number of ether oxygens (including phenoxy) is 2. The lowest BCUT2D eigenvalue weighted by molar-refractivity contribution is -0.149. The number of para-hydroxylation sites is 1. The Hall–Kier alpha value is -2.51. The molecule has 0 unspecified atom stereocenters. The first-order chi connectivity index (χ1) is 17.2. The molecule has 1 aromatic carbocycles. The molecule has 6 atom stereocenters. The molecule has 3 rings (SSSR count). The number of nitrogens with zero attached hydrogens (tertiary/aromatic N) is 2. The SMILES string of the molecule is CC(C)OC(=O)[C@@H](C)N[P@](=O)(OC[C@H]1O[C@@H](n2cc(Cl)c(N)nc2=O)[C@](C)(O)[C@@H]1O)Oc1ccccc1. The highest BCUT2D eigenvalue weighted by molar-refractivity contribution is 7.52. The third kappa shape index (κ3) is 6.88. The molecular weight excluding hydrogens is 531 g/mol. The summed E-state index contributed by atoms with van der Waals surface area (Å²) in [5, 5.41) is 24.1. The van der Waals surface area contributed by atoms with Gasteiger partial charge in [0.2, 0.25) is 0 Å². The lowest BCUT2D eigenvalue weighted by Crippen LogP contribution is -2.46. The lowest BCUT2D eigenvalue weighted by Gasteiger charge is -2.27. The zero-order chi connectivity index (χ0) is 27.5. The van der Waals surface area contributed by atoms with Gasteiger partial charge in [-0.05, 0) is 39.8 Å². The molecule has 1 saturated heterocycles. The van der Waals surface area contributed by atoms with Crippen LogP contribution < -0.4 is 21.0 Å². The smallest absolute Gasteiger partial charge is 0.459 e. The number of halogens is 1. The Morgan fingerprint density at radius 3 is 2.62 bits per heavy atom. The highest BCUT2D eigenvalue weighted by Gasteiger charge is 2.54. The summed E-state index contributed by atoms with van der Waals surface area (Å²) in [6.45, 7) is 5.42. The van der Waals surface area contributed by atoms with Crippen LogP contribution in [0.15, 0.2) is 41.3 Å². The fourth-order valence-corrected chi connectivity index (χ4v) is 5.16. The van der Waals surface area contributed by atoms with Crippen molar-refractivity contribution in [1.82, 2.24) is 14.6 Å². The van der Waals surface area contributed by atoms with Gasteiger partial charge in [0.05, 0.1) is 17.7 Å². The second kappa shape index (κ2) is 11.5. The van der Waals surface area contributed by atoms with E-state index in [-0.39, 0.29) is 16.6 Å². The van der Waals surface area contributed by atoms with E-state index in [1.807, 2.05) is 0 Å². The van der Waals surface area contributed by atoms with Gasteiger partial charge in [-0.1, -0.05) is 29.8 Å². The lowest BCUT2D eigenvalue weighted by atomic mass is 9.96. The van der Waals surface area contributed by atoms with Gasteiger partial charge in [-0.2, -0.15) is 10.1 Å². The van der Waals surface area contributed by atoms with Gasteiger partial charge in [0.25, 0.3) is 0 Å². The molecule has 1 aliphatic heterocycles. The number of hydrogen-bond acceptors (Lipinski definition) is 11. The number of aromatic nitrogens is 2. The van der Waals surface area contributed by atoms with E-state index in [0.717, 1.165) is 10.8 Å². The first kappa shape index (κ1) is 29.1. The van der Waals surface area contributed by atoms with Gasteiger partial charge in [0.15, 0.2) is 6.23 Å². The van der Waals surface area contributed by atoms with E-state index in [1.165, 1.54) is 26.0 Å². The summed E-state index contributed by atoms with van der Waals surface area (Å²) in [5.41, 5.74) is 2.66. The average molecular weight is 561 g/mol. The quantitative estimate of drug-likeness (QED) is 0.243. The van der Waals surface area contributed by atoms with Crippen LogP contribution in [-0.2, 0) is 23.4 Å². The van der Waals surface area contributed by atoms with E-state index in [1.54, 1.807) is 32.0 Å². The van der Waals surface area contributed by atoms with Crippen LogP contribution in [0, 0.1) is 0 Å². The molecule has 0 bridgehead atoms. The molecule has 5 N–H and O–H groups in total. The largest absolute Gasteiger partial charge is 0.462 e. The number of carbonyl (C=O) groups is 1. The number of carbonyl (C=O) groups excluding carboxylic acids is 1. The topological polar surface area (TPSA) is 184 Å². The summed E-state index contributed by atoms with van der Waals surface area (Å²) >= 11 is 5.96. The van der Waals surface area contributed by atoms with Crippen molar-refractivity contribution < 1.29 is 38.1 Å². The Morgan fingerprint density at radius 1 is 1.35 bits per heavy atom. The van der Waals surface area contributed by atoms with Gasteiger partial charge in [0.1, 0.15) is 35.4 Å². The van der Waals surface area contributed by atoms with Crippen molar-refractivity contribution in [2.75, 3.05) is 12.3 Å². The van der Waals surface area contributed by atoms with E-state index >= 15 is 0 Å². The summed E-state index contributed by atoms with van der Waals surface area (Å²) in [6.07, 6.45) is -3.61. The molecule has 0 aliphatic carbocycles. The van der Waals surface area contributed by atoms with Crippen LogP contribution in [0.2, 0.25) is 5.02 Å². The number of esters is 1. The van der Waals surface area contributed by atoms with E-state index in [9.17, 15) is 24.4 Å². The minimum absolute atomic E-state index is 0.0691. The predicted molar refractivity (Wildman–Crippen MR) is 133 cm³/mol. The minimum Gasteiger partial charge on any atom is -0.462 e. The van der Waals surface area contributed by atoms with Gasteiger partial charge in [0, 0.05) is 6.20 Å². The summed E-state index contributed by atoms with van der Waals surface area (Å²) < 4.78 is 36.4. The number of anilines is 1. The first-order valence-electron chi connectivity index (χ1n) is 11.3. The van der Waals surface area contributed by atoms with Crippen LogP contribution in [-0.4, -0.2) is 62.3 Å². The molecular formula is C22H30ClN4O9P. The second-order valence-corrected chi connectivity index (χ2v) is 11.0. The number of benzene rings is 1. The summed E-state index contributed by atoms with van der Waals surface area (Å²) in [5.74, 6) is -0.728. The first-order valence-corrected chi connectivity index (χ1v) is 13.2. The van der Waals surface area contributed by atoms with Crippen LogP contribution in [0.4, 0.5) is 5.82 Å². The Kier molecular flexibility index (Phi) is 9.01. The van der Waals surface area contributed by atoms with E-state index in [2.05, 4.69) is 10.1 Å². The van der Waals surface area contributed by atoms with E-state index in [0.29, 0.717) is 0 Å². The van der Waals surface area contributed by atoms with Gasteiger partial charge >= 0.3 is 19.4 Å². The predicted octanol–water partition coefficient (Wildman–Crippen LogP) is 1.62. The van der Waals surface area contributed by atoms with Crippen LogP contribution in [0.25, 0.3) is 0 Å². The Balaban J connectivity index is 1.81. The summed E-state index contributed by atoms with van der Waals surface area (Å²) in [4.78, 5) is 28.2. The van der Waals surface area contributed by atoms with Crippen molar-refractivity contribution >= 4 is 31.1 Å². The Bertz CT molecular complexity index is 1210. The maximum atomic E-state index is 13.6. The van der Waals surface area contributed by atoms with Crippen LogP contribution in [0.1, 0.15) is 33.9 Å². The van der Waals surface area contributed by atoms with Gasteiger partial charge in [-0.25, -0.2) is 9.36 Å². The van der Waals surface area contributed by atoms with Crippen LogP contribution in [0.5, 0.6) is 5.75 Å². The van der Waals surface area contributed by atoms with E-state index < -0.39 is 62.2 Å². The second-order valence-electron chi connectivity index (χ2n) is 8.90. The van der Waals surface area contributed by atoms with Crippen LogP contribution >= 0.6 is 19.3 Å². The fraction of sp³-hybridized carbons (Fsp3) is 0.500. The zero-order valence-corrected chi connectivity index (χ0v) is 22.3. The van der Waals surface area contributed by atoms with Crippen molar-refractivity contribution in [3.63, 3.8) is 0 Å². The molecule has 15 heteroatoms. The number of nitrogens with two attached hydrogens (primary N) is 1. The molecule has 13 nitrogen and oxygen atoms in total. The summed E-state index contributed by atoms with van der Waals surface area (Å²) in [7, 11) is -4.27. The maximum absolute atomic E-state index is 13.6. The molecule has 1 fully saturated rings. The van der Waals surface area contributed by atoms with E-state index in [4.69, 9.17) is 35.9 Å². The van der Waals surface area contributed by atoms with Gasteiger partial charge in [-0.15, -0.1) is 0 Å². The summed E-state index contributed by atoms with van der Waals surface area (Å²) in [6, 6.07) is 6.97. The average Bonchev–Trinajstić information content (AvgIpc) is 3.03. The minimum atomic E-state index is -4.27. The number of nitrogen functional groups attached to an aromatic ring is 1. The molecule has 0 spiro atoms. The monoisotopic (exact) mass is 560 g/mol. The van der Waals surface area contributed by atoms with Gasteiger partial charge in [-0.3, -0.25) is 13.9 Å². The molecule has 1 aromatic heterocycles. The zero-order valence-electron chi connectivity index (χ0n) is 20.6. The molecule has 204 valence electrons. The number of aliphatic hydroxyl groups is 2. The Morgan fingerprint density at radius 2 is 2.00 bits per heavy atom. The molecule has 2 heterocycles. The number of hydrogen-bond donors (Lipinski definition) is 4. The van der Waals surface area contributed by atoms with Crippen molar-refractivity contribution in [2.45, 2.75) is 63.9 Å². The van der Waals surface area contributed by atoms with Crippen molar-refractivity contribution in [2.24, 2.45) is 0 Å². The van der Waals surface area contributed by atoms with Crippen molar-refractivity contribution in [3.8, 4) is 5.75 Å². The molecule has 2 aromatic rings. The highest BCUT2D eigenvalue weighted by Crippen LogP contribution is 2.47. The molecule has 0 amide bonds. The fourth-order valence-electron chi connectivity index (χ4n) is 3.51. The molecule has 37 heavy (non-hydrogen) atoms. The highest BCUT2D eigenvalue weighted by atomic mass is 35.5. The number of aliphatic hydroxyl groups excluding tert-OH is 1. The van der Waals surface area contributed by atoms with Crippen LogP contribution in [0.3, 0.4) is 0 Å². The molecule has 0 saturated carbocycles.